The van der Waals surface area contributed by atoms with Crippen LogP contribution in [-0.2, 0) is 27.9 Å². The van der Waals surface area contributed by atoms with Crippen molar-refractivity contribution in [3.05, 3.63) is 97.2 Å². The zero-order valence-electron chi connectivity index (χ0n) is 39.7. The van der Waals surface area contributed by atoms with Crippen LogP contribution in [0.25, 0.3) is 0 Å². The fourth-order valence-corrected chi connectivity index (χ4v) is 7.05. The third-order valence-electron chi connectivity index (χ3n) is 10.00. The van der Waals surface area contributed by atoms with Gasteiger partial charge in [0.05, 0.1) is 13.2 Å². The van der Waals surface area contributed by atoms with E-state index in [2.05, 4.69) is 116 Å². The van der Waals surface area contributed by atoms with Gasteiger partial charge < -0.3 is 20.1 Å². The van der Waals surface area contributed by atoms with Crippen molar-refractivity contribution in [1.82, 2.24) is 5.32 Å². The zero-order valence-corrected chi connectivity index (χ0v) is 40.6. The van der Waals surface area contributed by atoms with Gasteiger partial charge in [-0.15, -0.1) is 0 Å². The van der Waals surface area contributed by atoms with Crippen molar-refractivity contribution < 1.29 is 37.9 Å². The molecule has 1 amide bonds. The van der Waals surface area contributed by atoms with E-state index in [4.69, 9.17) is 13.8 Å². The molecule has 0 bridgehead atoms. The Morgan fingerprint density at radius 1 is 0.508 bits per heavy atom. The smallest absolute Gasteiger partial charge is 0.463 e. The number of aliphatic hydroxyl groups excluding tert-OH is 1. The number of aliphatic hydroxyl groups is 1. The normalized spacial score (nSPS) is 14.0. The van der Waals surface area contributed by atoms with Crippen molar-refractivity contribution in [2.24, 2.45) is 0 Å². The van der Waals surface area contributed by atoms with Crippen LogP contribution in [0.5, 0.6) is 0 Å². The molecule has 0 fully saturated rings. The summed E-state index contributed by atoms with van der Waals surface area (Å²) in [5, 5.41) is 12.7. The summed E-state index contributed by atoms with van der Waals surface area (Å²) in [5.41, 5.74) is 0. The van der Waals surface area contributed by atoms with Gasteiger partial charge in [-0.1, -0.05) is 182 Å². The number of unbranched alkanes of at least 4 members (excludes halogenated alkanes) is 16. The second kappa shape index (κ2) is 48.4. The van der Waals surface area contributed by atoms with Crippen molar-refractivity contribution in [2.75, 3.05) is 26.4 Å². The lowest BCUT2D eigenvalue weighted by Crippen LogP contribution is -2.27. The monoisotopic (exact) mass is 900 g/mol. The molecule has 0 aliphatic rings. The number of phosphoric ester groups is 1. The number of carbonyl (C=O) groups is 2. The highest BCUT2D eigenvalue weighted by Gasteiger charge is 2.23. The first kappa shape index (κ1) is 59.9. The van der Waals surface area contributed by atoms with Crippen molar-refractivity contribution in [3.8, 4) is 0 Å². The van der Waals surface area contributed by atoms with Crippen LogP contribution in [0.4, 0.5) is 0 Å². The summed E-state index contributed by atoms with van der Waals surface area (Å²) in [7, 11) is -4.44. The van der Waals surface area contributed by atoms with Crippen LogP contribution in [0.15, 0.2) is 97.2 Å². The molecule has 0 aliphatic carbocycles. The molecule has 2 unspecified atom stereocenters. The molecular formula is C53H90NO8P. The van der Waals surface area contributed by atoms with E-state index >= 15 is 0 Å². The fourth-order valence-electron chi connectivity index (χ4n) is 6.30. The molecule has 63 heavy (non-hydrogen) atoms. The van der Waals surface area contributed by atoms with Gasteiger partial charge in [0, 0.05) is 19.4 Å². The van der Waals surface area contributed by atoms with Crippen LogP contribution in [0.3, 0.4) is 0 Å². The topological polar surface area (TPSA) is 131 Å². The zero-order chi connectivity index (χ0) is 46.0. The molecule has 10 heteroatoms. The molecule has 0 heterocycles. The van der Waals surface area contributed by atoms with Gasteiger partial charge in [0.2, 0.25) is 5.91 Å². The fraction of sp³-hybridized carbons (Fsp3) is 0.660. The average Bonchev–Trinajstić information content (AvgIpc) is 3.27. The van der Waals surface area contributed by atoms with E-state index in [9.17, 15) is 24.2 Å². The molecule has 0 aromatic carbocycles. The van der Waals surface area contributed by atoms with Crippen LogP contribution in [0, 0.1) is 0 Å². The Labute approximate surface area is 385 Å². The van der Waals surface area contributed by atoms with E-state index in [1.807, 2.05) is 0 Å². The summed E-state index contributed by atoms with van der Waals surface area (Å²) < 4.78 is 27.0. The molecule has 0 saturated carbocycles. The largest absolute Gasteiger partial charge is 0.472 e. The molecular weight excluding hydrogens is 810 g/mol. The number of esters is 1. The molecule has 0 aromatic rings. The van der Waals surface area contributed by atoms with Gasteiger partial charge in [-0.2, -0.15) is 0 Å². The molecule has 9 nitrogen and oxygen atoms in total. The standard InChI is InChI=1S/C53H90NO8P/c1-3-5-7-9-11-13-15-17-19-21-23-24-25-26-28-29-31-33-35-37-39-41-43-45-52(56)54-47-48-61-63(58,59)62-50-51(55)49-60-53(57)46-44-42-40-38-36-34-32-30-27-22-20-18-16-14-12-10-8-6-4-2/h5,7,11-14,17-20,23-24,26-28,30,51,55H,3-4,6,8-10,15-16,21-22,25,29,31-50H2,1-2H3,(H,54,56)(H,58,59)/b7-5-,13-11-,14-12-,19-17-,20-18-,24-23-,28-26-,30-27-. The third kappa shape index (κ3) is 49.8. The van der Waals surface area contributed by atoms with E-state index in [0.717, 1.165) is 103 Å². The number of carbonyl (C=O) groups excluding carboxylic acids is 2. The molecule has 3 N–H and O–H groups in total. The van der Waals surface area contributed by atoms with Crippen molar-refractivity contribution in [2.45, 2.75) is 200 Å². The van der Waals surface area contributed by atoms with Crippen LogP contribution in [0.1, 0.15) is 194 Å². The van der Waals surface area contributed by atoms with Gasteiger partial charge in [0.1, 0.15) is 12.7 Å². The van der Waals surface area contributed by atoms with Crippen LogP contribution >= 0.6 is 7.82 Å². The van der Waals surface area contributed by atoms with Crippen LogP contribution < -0.4 is 5.32 Å². The Morgan fingerprint density at radius 2 is 0.905 bits per heavy atom. The average molecular weight is 900 g/mol. The first-order valence-electron chi connectivity index (χ1n) is 24.7. The number of nitrogens with one attached hydrogen (secondary N) is 1. The number of rotatable bonds is 45. The van der Waals surface area contributed by atoms with E-state index in [1.165, 1.54) is 64.2 Å². The van der Waals surface area contributed by atoms with E-state index in [-0.39, 0.29) is 32.1 Å². The van der Waals surface area contributed by atoms with Crippen LogP contribution in [-0.4, -0.2) is 54.3 Å². The number of amides is 1. The highest BCUT2D eigenvalue weighted by atomic mass is 31.2. The predicted molar refractivity (Wildman–Crippen MR) is 265 cm³/mol. The summed E-state index contributed by atoms with van der Waals surface area (Å²) in [6, 6.07) is 0. The minimum absolute atomic E-state index is 0.0675. The third-order valence-corrected chi connectivity index (χ3v) is 11.0. The minimum atomic E-state index is -4.44. The minimum Gasteiger partial charge on any atom is -0.463 e. The van der Waals surface area contributed by atoms with Gasteiger partial charge in [0.15, 0.2) is 0 Å². The second-order valence-corrected chi connectivity index (χ2v) is 17.5. The van der Waals surface area contributed by atoms with Crippen LogP contribution in [0.2, 0.25) is 0 Å². The van der Waals surface area contributed by atoms with Crippen molar-refractivity contribution >= 4 is 19.7 Å². The lowest BCUT2D eigenvalue weighted by molar-refractivity contribution is -0.147. The molecule has 0 rings (SSSR count). The number of phosphoric acid groups is 1. The molecule has 0 saturated heterocycles. The first-order valence-corrected chi connectivity index (χ1v) is 26.2. The molecule has 0 radical (unpaired) electrons. The highest BCUT2D eigenvalue weighted by molar-refractivity contribution is 7.47. The molecule has 360 valence electrons. The Morgan fingerprint density at radius 3 is 1.37 bits per heavy atom. The molecule has 2 atom stereocenters. The summed E-state index contributed by atoms with van der Waals surface area (Å²) in [6.45, 7) is 3.38. The summed E-state index contributed by atoms with van der Waals surface area (Å²) in [6.07, 6.45) is 63.3. The summed E-state index contributed by atoms with van der Waals surface area (Å²) in [4.78, 5) is 34.1. The molecule has 0 spiro atoms. The summed E-state index contributed by atoms with van der Waals surface area (Å²) in [5.74, 6) is -0.546. The maximum absolute atomic E-state index is 12.1. The lowest BCUT2D eigenvalue weighted by atomic mass is 10.1. The summed E-state index contributed by atoms with van der Waals surface area (Å²) >= 11 is 0. The Kier molecular flexibility index (Phi) is 46.0. The van der Waals surface area contributed by atoms with Gasteiger partial charge in [0.25, 0.3) is 0 Å². The van der Waals surface area contributed by atoms with Crippen molar-refractivity contribution in [3.63, 3.8) is 0 Å². The lowest BCUT2D eigenvalue weighted by Gasteiger charge is -2.15. The highest BCUT2D eigenvalue weighted by Crippen LogP contribution is 2.42. The number of hydrogen-bond acceptors (Lipinski definition) is 7. The predicted octanol–water partition coefficient (Wildman–Crippen LogP) is 14.6. The number of allylic oxidation sites excluding steroid dienone is 16. The Hall–Kier alpha value is -3.07. The Bertz CT molecular complexity index is 1350. The maximum Gasteiger partial charge on any atom is 0.472 e. The maximum atomic E-state index is 12.1. The van der Waals surface area contributed by atoms with Crippen molar-refractivity contribution in [1.29, 1.82) is 0 Å². The van der Waals surface area contributed by atoms with Gasteiger partial charge in [-0.3, -0.25) is 18.6 Å². The number of hydrogen-bond donors (Lipinski definition) is 3. The van der Waals surface area contributed by atoms with Gasteiger partial charge in [-0.25, -0.2) is 4.57 Å². The first-order chi connectivity index (χ1) is 30.8. The number of ether oxygens (including phenoxy) is 1. The second-order valence-electron chi connectivity index (χ2n) is 16.0. The molecule has 0 aliphatic heterocycles. The van der Waals surface area contributed by atoms with E-state index in [1.54, 1.807) is 0 Å². The Balaban J connectivity index is 3.64. The van der Waals surface area contributed by atoms with E-state index in [0.29, 0.717) is 6.42 Å². The SMILES string of the molecule is CC/C=C\C/C=C\C/C=C\C/C=C\C/C=C\CCCCCCCCCC(=O)NCCOP(=O)(O)OCC(O)COC(=O)CCCCCCCC/C=C\C/C=C\C/C=C\CCCCC. The quantitative estimate of drug-likeness (QED) is 0.0238. The van der Waals surface area contributed by atoms with E-state index < -0.39 is 26.5 Å². The van der Waals surface area contributed by atoms with Gasteiger partial charge >= 0.3 is 13.8 Å². The molecule has 0 aromatic heterocycles. The van der Waals surface area contributed by atoms with Gasteiger partial charge in [-0.05, 0) is 96.3 Å².